The Morgan fingerprint density at radius 3 is 1.14 bits per heavy atom. The average molecular weight is 480 g/mol. The maximum atomic E-state index is 10.3. The summed E-state index contributed by atoms with van der Waals surface area (Å²) in [6, 6.07) is 20.3. The minimum atomic E-state index is -0.511. The maximum absolute atomic E-state index is 10.3. The molecule has 2 nitrogen and oxygen atoms in total. The van der Waals surface area contributed by atoms with Crippen LogP contribution in [0.5, 0.6) is 0 Å². The van der Waals surface area contributed by atoms with Crippen molar-refractivity contribution in [2.24, 2.45) is 0 Å². The molecule has 28 heavy (non-hydrogen) atoms. The first-order chi connectivity index (χ1) is 13.6. The van der Waals surface area contributed by atoms with Gasteiger partial charge in [-0.25, -0.2) is 0 Å². The number of rotatable bonds is 4. The van der Waals surface area contributed by atoms with Gasteiger partial charge in [-0.15, -0.1) is 0 Å². The van der Waals surface area contributed by atoms with Crippen LogP contribution in [0.15, 0.2) is 60.7 Å². The third-order valence-corrected chi connectivity index (χ3v) is 8.02. The molecule has 0 heterocycles. The van der Waals surface area contributed by atoms with Crippen LogP contribution in [0.1, 0.15) is 64.2 Å². The second kappa shape index (κ2) is 11.0. The molecule has 4 heteroatoms. The van der Waals surface area contributed by atoms with Crippen LogP contribution in [-0.2, 0) is 29.9 Å². The Morgan fingerprint density at radius 1 is 0.500 bits per heavy atom. The molecule has 162 valence electrons. The summed E-state index contributed by atoms with van der Waals surface area (Å²) >= 11 is 3.44. The van der Waals surface area contributed by atoms with E-state index in [0.717, 1.165) is 51.4 Å². The first-order valence-electron chi connectivity index (χ1n) is 10.3. The van der Waals surface area contributed by atoms with Crippen LogP contribution in [-0.4, -0.2) is 19.2 Å². The fraction of sp³-hybridized carbons (Fsp3) is 0.500. The van der Waals surface area contributed by atoms with Gasteiger partial charge < -0.3 is 0 Å². The molecule has 0 aromatic heterocycles. The van der Waals surface area contributed by atoms with Crippen LogP contribution >= 0.6 is 0 Å². The fourth-order valence-electron chi connectivity index (χ4n) is 3.51. The van der Waals surface area contributed by atoms with Crippen LogP contribution in [0.4, 0.5) is 0 Å². The van der Waals surface area contributed by atoms with Gasteiger partial charge in [0.15, 0.2) is 0 Å². The molecule has 0 aliphatic heterocycles. The van der Waals surface area contributed by atoms with Crippen LogP contribution in [0, 0.1) is 0 Å². The number of benzene rings is 2. The van der Waals surface area contributed by atoms with Crippen molar-refractivity contribution < 1.29 is 40.1 Å². The van der Waals surface area contributed by atoms with E-state index < -0.39 is 9.00 Å². The summed E-state index contributed by atoms with van der Waals surface area (Å²) in [7, 11) is 0. The quantitative estimate of drug-likeness (QED) is 0.649. The van der Waals surface area contributed by atoms with E-state index >= 15 is 0 Å². The van der Waals surface area contributed by atoms with Crippen molar-refractivity contribution in [1.82, 2.24) is 0 Å². The topological polar surface area (TPSA) is 40.5 Å². The summed E-state index contributed by atoms with van der Waals surface area (Å²) < 4.78 is 1.31. The van der Waals surface area contributed by atoms with E-state index in [0.29, 0.717) is 0 Å². The molecule has 2 aromatic rings. The SMILES string of the molecule is O[C]1([Cu][c]2ccccc2)CCCCC1.O[C]1([Cu][c]2ccccc2)CCCCC1. The molecular formula is C24H32Cu2O2. The second-order valence-electron chi connectivity index (χ2n) is 7.47. The molecule has 2 aromatic carbocycles. The third-order valence-electron chi connectivity index (χ3n) is 5.03. The van der Waals surface area contributed by atoms with Gasteiger partial charge in [-0.1, -0.05) is 0 Å². The number of aliphatic hydroxyl groups is 2. The Balaban J connectivity index is 0.000000161. The Bertz CT molecular complexity index is 617. The van der Waals surface area contributed by atoms with Gasteiger partial charge in [-0.3, -0.25) is 0 Å². The van der Waals surface area contributed by atoms with Gasteiger partial charge in [0.05, 0.1) is 0 Å². The van der Waals surface area contributed by atoms with Gasteiger partial charge in [0, 0.05) is 0 Å². The Kier molecular flexibility index (Phi) is 8.66. The Labute approximate surface area is 182 Å². The average Bonchev–Trinajstić information content (AvgIpc) is 2.70. The van der Waals surface area contributed by atoms with Gasteiger partial charge in [0.25, 0.3) is 0 Å². The van der Waals surface area contributed by atoms with E-state index in [4.69, 9.17) is 0 Å². The van der Waals surface area contributed by atoms with Crippen molar-refractivity contribution in [2.75, 3.05) is 0 Å². The van der Waals surface area contributed by atoms with Crippen LogP contribution in [0.2, 0.25) is 0 Å². The van der Waals surface area contributed by atoms with Crippen LogP contribution < -0.4 is 8.92 Å². The molecule has 2 aliphatic carbocycles. The van der Waals surface area contributed by atoms with E-state index in [-0.39, 0.29) is 0 Å². The van der Waals surface area contributed by atoms with Crippen molar-refractivity contribution in [3.8, 4) is 0 Å². The van der Waals surface area contributed by atoms with E-state index in [1.807, 2.05) is 36.4 Å². The summed E-state index contributed by atoms with van der Waals surface area (Å²) in [5.74, 6) is 0. The summed E-state index contributed by atoms with van der Waals surface area (Å²) in [4.78, 5) is 0. The first-order valence-corrected chi connectivity index (χ1v) is 12.2. The van der Waals surface area contributed by atoms with Crippen LogP contribution in [0.3, 0.4) is 0 Å². The predicted octanol–water partition coefficient (Wildman–Crippen LogP) is 4.09. The zero-order chi connectivity index (χ0) is 19.7. The molecule has 0 amide bonds. The molecule has 2 aliphatic rings. The predicted molar refractivity (Wildman–Crippen MR) is 108 cm³/mol. The summed E-state index contributed by atoms with van der Waals surface area (Å²) in [6.07, 6.45) is 10.9. The van der Waals surface area contributed by atoms with Gasteiger partial charge in [-0.05, 0) is 0 Å². The van der Waals surface area contributed by atoms with Crippen molar-refractivity contribution in [3.05, 3.63) is 60.7 Å². The first kappa shape index (κ1) is 22.1. The summed E-state index contributed by atoms with van der Waals surface area (Å²) in [6.45, 7) is 0. The summed E-state index contributed by atoms with van der Waals surface area (Å²) in [5, 5.41) is 20.6. The van der Waals surface area contributed by atoms with Gasteiger partial charge in [-0.2, -0.15) is 0 Å². The van der Waals surface area contributed by atoms with Gasteiger partial charge in [0.1, 0.15) is 0 Å². The Morgan fingerprint density at radius 2 is 0.821 bits per heavy atom. The standard InChI is InChI=1S/2C6H11O.2C6H5.2Cu/c2*7-6-4-2-1-3-5-6;2*1-2-4-6-5-3-1;;/h2*7H,1-5H2;2*1-5H;;. The van der Waals surface area contributed by atoms with Gasteiger partial charge >= 0.3 is 183 Å². The van der Waals surface area contributed by atoms with Crippen molar-refractivity contribution >= 4 is 8.92 Å². The van der Waals surface area contributed by atoms with E-state index in [2.05, 4.69) is 24.3 Å². The van der Waals surface area contributed by atoms with E-state index in [9.17, 15) is 10.2 Å². The van der Waals surface area contributed by atoms with Crippen molar-refractivity contribution in [1.29, 1.82) is 0 Å². The second-order valence-corrected chi connectivity index (χ2v) is 10.8. The Hall–Kier alpha value is -0.601. The zero-order valence-electron chi connectivity index (χ0n) is 16.3. The summed E-state index contributed by atoms with van der Waals surface area (Å²) in [5.41, 5.74) is 0. The molecule has 0 spiro atoms. The van der Waals surface area contributed by atoms with Gasteiger partial charge in [0.2, 0.25) is 0 Å². The number of hydrogen-bond acceptors (Lipinski definition) is 2. The molecule has 0 bridgehead atoms. The van der Waals surface area contributed by atoms with Crippen molar-refractivity contribution in [2.45, 2.75) is 73.2 Å². The molecule has 2 N–H and O–H groups in total. The monoisotopic (exact) mass is 478 g/mol. The van der Waals surface area contributed by atoms with Crippen LogP contribution in [0.25, 0.3) is 0 Å². The van der Waals surface area contributed by atoms with Crippen molar-refractivity contribution in [3.63, 3.8) is 0 Å². The zero-order valence-corrected chi connectivity index (χ0v) is 18.2. The molecule has 0 radical (unpaired) electrons. The molecule has 4 rings (SSSR count). The molecular weight excluding hydrogens is 447 g/mol. The normalized spacial score (nSPS) is 20.9. The minimum absolute atomic E-state index is 0.511. The fourth-order valence-corrected chi connectivity index (χ4v) is 6.33. The molecule has 0 unspecified atom stereocenters. The number of hydrogen-bond donors (Lipinski definition) is 2. The third kappa shape index (κ3) is 7.34. The molecule has 0 saturated heterocycles. The molecule has 0 atom stereocenters. The molecule has 2 saturated carbocycles. The molecule has 2 fully saturated rings. The van der Waals surface area contributed by atoms with E-state index in [1.165, 1.54) is 21.8 Å². The van der Waals surface area contributed by atoms with E-state index in [1.54, 1.807) is 29.9 Å².